The first-order valence-electron chi connectivity index (χ1n) is 24.0. The Morgan fingerprint density at radius 1 is 0.843 bits per heavy atom. The molecule has 0 radical (unpaired) electrons. The number of Topliss-reactive ketones (excluding diaryl/α,β-unsaturated/α-hetero) is 4. The molecule has 2 heterocycles. The minimum atomic E-state index is -2.11. The van der Waals surface area contributed by atoms with Crippen LogP contribution in [0.5, 0.6) is 0 Å². The molecule has 0 spiro atoms. The molecule has 0 bridgehead atoms. The van der Waals surface area contributed by atoms with Crippen molar-refractivity contribution >= 4 is 53.0 Å². The zero-order valence-electron chi connectivity index (χ0n) is 42.4. The van der Waals surface area contributed by atoms with Crippen LogP contribution >= 0.6 is 0 Å². The Labute approximate surface area is 407 Å². The van der Waals surface area contributed by atoms with E-state index in [1.54, 1.807) is 33.9 Å². The normalized spacial score (nSPS) is 33.3. The van der Waals surface area contributed by atoms with E-state index in [-0.39, 0.29) is 82.1 Å². The highest BCUT2D eigenvalue weighted by molar-refractivity contribution is 6.00. The molecule has 1 aromatic rings. The Bertz CT molecular complexity index is 2330. The fraction of sp³-hybridized carbons (Fsp3) is 0.740. The van der Waals surface area contributed by atoms with Crippen molar-refractivity contribution in [2.75, 3.05) is 6.61 Å². The summed E-state index contributed by atoms with van der Waals surface area (Å²) in [5.74, 6) is -6.61. The van der Waals surface area contributed by atoms with Gasteiger partial charge in [0.05, 0.1) is 25.3 Å². The monoisotopic (exact) mass is 983 g/mol. The van der Waals surface area contributed by atoms with E-state index in [2.05, 4.69) is 10.3 Å². The molecule has 4 aliphatic carbocycles. The van der Waals surface area contributed by atoms with E-state index >= 15 is 0 Å². The molecule has 3 saturated carbocycles. The molecule has 20 heteroatoms. The Morgan fingerprint density at radius 2 is 1.49 bits per heavy atom. The van der Waals surface area contributed by atoms with Gasteiger partial charge in [-0.05, 0) is 83.0 Å². The molecular weight excluding hydrogens is 915 g/mol. The maximum atomic E-state index is 14.9. The largest absolute Gasteiger partial charge is 0.460 e. The molecule has 1 saturated heterocycles. The Balaban J connectivity index is 1.09. The minimum absolute atomic E-state index is 0.0317. The van der Waals surface area contributed by atoms with Gasteiger partial charge in [0.25, 0.3) is 0 Å². The summed E-state index contributed by atoms with van der Waals surface area (Å²) >= 11 is 0. The van der Waals surface area contributed by atoms with Crippen molar-refractivity contribution in [1.82, 2.24) is 15.0 Å². The number of aryl methyl sites for hydroxylation is 1. The van der Waals surface area contributed by atoms with Gasteiger partial charge < -0.3 is 38.3 Å². The highest BCUT2D eigenvalue weighted by atomic mass is 16.7. The molecule has 0 aromatic carbocycles. The quantitative estimate of drug-likeness (QED) is 0.130. The molecule has 386 valence electrons. The Kier molecular flexibility index (Phi) is 15.3. The summed E-state index contributed by atoms with van der Waals surface area (Å²) in [4.78, 5) is 118. The van der Waals surface area contributed by atoms with E-state index in [4.69, 9.17) is 33.2 Å². The van der Waals surface area contributed by atoms with Gasteiger partial charge in [-0.25, -0.2) is 0 Å². The number of hydrogen-bond donors (Lipinski definition) is 1. The summed E-state index contributed by atoms with van der Waals surface area (Å²) in [6, 6.07) is 0. The maximum absolute atomic E-state index is 14.9. The van der Waals surface area contributed by atoms with Gasteiger partial charge in [-0.3, -0.25) is 47.8 Å². The van der Waals surface area contributed by atoms with Gasteiger partial charge in [0.15, 0.2) is 42.3 Å². The lowest BCUT2D eigenvalue weighted by Crippen LogP contribution is -2.65. The van der Waals surface area contributed by atoms with E-state index in [0.717, 1.165) is 19.4 Å². The lowest BCUT2D eigenvalue weighted by molar-refractivity contribution is -0.283. The number of carbonyl (C=O) groups excluding carboxylic acids is 9. The molecule has 0 unspecified atom stereocenters. The number of ether oxygens (including phenoxy) is 7. The summed E-state index contributed by atoms with van der Waals surface area (Å²) in [6.45, 7) is 18.5. The number of esters is 5. The molecule has 4 fully saturated rings. The molecule has 20 nitrogen and oxygen atoms in total. The standard InChI is InChI=1S/C50H69N3O17/c1-26(54)66-35-25-65-44(41(68-28(3)56)40(35)67-27(2)55)64-24-30-23-53(52-51-30)19-13-14-39(61)69-34-20-32-31(46(7,8)43(34)62)15-16-36-47(9)21-33(58)42(48(47,10)22-38(60)49(32,36)11)50(12,63)37(59)17-18-45(5,6)70-29(4)57/h15,23,32,34-36,40-42,44,63H,13-14,16-22,24-25H2,1-12H3/t32-,34+,35+,36+,40+,41-,42+,44-,47+,48-,49+,50+/m1/s1. The second-order valence-corrected chi connectivity index (χ2v) is 21.8. The van der Waals surface area contributed by atoms with Crippen molar-refractivity contribution in [2.45, 2.75) is 190 Å². The second-order valence-electron chi connectivity index (χ2n) is 21.8. The lowest BCUT2D eigenvalue weighted by Gasteiger charge is -2.64. The first-order valence-corrected chi connectivity index (χ1v) is 24.0. The van der Waals surface area contributed by atoms with Crippen LogP contribution in [0.3, 0.4) is 0 Å². The average Bonchev–Trinajstić information content (AvgIpc) is 3.77. The predicted molar refractivity (Wildman–Crippen MR) is 241 cm³/mol. The molecule has 0 amide bonds. The van der Waals surface area contributed by atoms with Crippen LogP contribution in [0.4, 0.5) is 0 Å². The fourth-order valence-electron chi connectivity index (χ4n) is 12.6. The zero-order valence-corrected chi connectivity index (χ0v) is 42.4. The average molecular weight is 984 g/mol. The van der Waals surface area contributed by atoms with Crippen molar-refractivity contribution < 1.29 is 81.4 Å². The van der Waals surface area contributed by atoms with Crippen molar-refractivity contribution in [1.29, 1.82) is 0 Å². The van der Waals surface area contributed by atoms with Crippen LogP contribution in [0.2, 0.25) is 0 Å². The van der Waals surface area contributed by atoms with Gasteiger partial charge in [0, 0.05) is 70.8 Å². The summed E-state index contributed by atoms with van der Waals surface area (Å²) in [5.41, 5.74) is -6.05. The van der Waals surface area contributed by atoms with Crippen molar-refractivity contribution in [3.8, 4) is 0 Å². The summed E-state index contributed by atoms with van der Waals surface area (Å²) in [7, 11) is 0. The summed E-state index contributed by atoms with van der Waals surface area (Å²) in [6.07, 6.45) is -1.83. The number of carbonyl (C=O) groups is 9. The zero-order chi connectivity index (χ0) is 52.1. The topological polar surface area (TPSA) is 269 Å². The first kappa shape index (κ1) is 54.1. The predicted octanol–water partition coefficient (Wildman–Crippen LogP) is 4.22. The molecule has 70 heavy (non-hydrogen) atoms. The van der Waals surface area contributed by atoms with Crippen LogP contribution in [0, 0.1) is 39.4 Å². The van der Waals surface area contributed by atoms with Gasteiger partial charge >= 0.3 is 29.8 Å². The fourth-order valence-corrected chi connectivity index (χ4v) is 12.6. The summed E-state index contributed by atoms with van der Waals surface area (Å²) < 4.78 is 40.3. The third-order valence-electron chi connectivity index (χ3n) is 16.0. The molecule has 1 aliphatic heterocycles. The highest BCUT2D eigenvalue weighted by Gasteiger charge is 2.75. The molecule has 1 aromatic heterocycles. The van der Waals surface area contributed by atoms with Crippen LogP contribution in [0.1, 0.15) is 140 Å². The maximum Gasteiger partial charge on any atom is 0.306 e. The number of aliphatic hydroxyl groups is 1. The Morgan fingerprint density at radius 3 is 2.11 bits per heavy atom. The van der Waals surface area contributed by atoms with E-state index < -0.39 is 117 Å². The first-order chi connectivity index (χ1) is 32.4. The summed E-state index contributed by atoms with van der Waals surface area (Å²) in [5, 5.41) is 20.2. The number of rotatable bonds is 17. The lowest BCUT2D eigenvalue weighted by atomic mass is 9.38. The molecule has 5 aliphatic rings. The number of hydrogen-bond acceptors (Lipinski definition) is 19. The number of allylic oxidation sites excluding steroid dienone is 2. The Hall–Kier alpha value is -5.21. The van der Waals surface area contributed by atoms with E-state index in [0.29, 0.717) is 12.1 Å². The van der Waals surface area contributed by atoms with Crippen LogP contribution in [0.25, 0.3) is 0 Å². The van der Waals surface area contributed by atoms with E-state index in [1.807, 2.05) is 26.8 Å². The third kappa shape index (κ3) is 10.3. The van der Waals surface area contributed by atoms with Gasteiger partial charge in [-0.1, -0.05) is 37.6 Å². The third-order valence-corrected chi connectivity index (χ3v) is 16.0. The van der Waals surface area contributed by atoms with Gasteiger partial charge in [0.2, 0.25) is 0 Å². The molecule has 6 rings (SSSR count). The van der Waals surface area contributed by atoms with Crippen molar-refractivity contribution in [2.24, 2.45) is 39.4 Å². The van der Waals surface area contributed by atoms with Gasteiger partial charge in [-0.2, -0.15) is 0 Å². The highest BCUT2D eigenvalue weighted by Crippen LogP contribution is 2.73. The number of nitrogens with zero attached hydrogens (tertiary/aromatic N) is 3. The van der Waals surface area contributed by atoms with Crippen LogP contribution in [-0.4, -0.2) is 122 Å². The van der Waals surface area contributed by atoms with E-state index in [9.17, 15) is 48.3 Å². The van der Waals surface area contributed by atoms with Crippen molar-refractivity contribution in [3.05, 3.63) is 23.5 Å². The smallest absolute Gasteiger partial charge is 0.306 e. The molecular formula is C50H69N3O17. The SMILES string of the molecule is CC(=O)O[C@@H]1[C@@H](OC(C)=O)[C@H](OCc2cn(CCCC(=O)O[C@H]3C[C@@H]4C(=CC[C@@H]5[C@@]4(C)C(=O)C[C@]4(C)[C@@H]([C@@](C)(O)C(=O)CCC(C)(C)OC(C)=O)C(=O)C[C@@]54C)C(C)(C)C3=O)nn2)OC[C@@H]1OC(C)=O. The van der Waals surface area contributed by atoms with Gasteiger partial charge in [-0.15, -0.1) is 5.10 Å². The number of aromatic nitrogens is 3. The molecule has 1 N–H and O–H groups in total. The number of fused-ring (bicyclic) bond motifs is 5. The van der Waals surface area contributed by atoms with Crippen LogP contribution < -0.4 is 0 Å². The minimum Gasteiger partial charge on any atom is -0.460 e. The van der Waals surface area contributed by atoms with E-state index in [1.165, 1.54) is 25.5 Å². The van der Waals surface area contributed by atoms with Crippen LogP contribution in [0.15, 0.2) is 17.8 Å². The van der Waals surface area contributed by atoms with Crippen LogP contribution in [-0.2, 0) is 89.5 Å². The molecule has 12 atom stereocenters. The van der Waals surface area contributed by atoms with Gasteiger partial charge in [0.1, 0.15) is 28.5 Å². The second kappa shape index (κ2) is 19.8. The van der Waals surface area contributed by atoms with Crippen molar-refractivity contribution in [3.63, 3.8) is 0 Å². The number of ketones is 4.